The Kier molecular flexibility index (Phi) is 1.19. The fraction of sp³-hybridized carbons (Fsp3) is 0.333. The maximum absolute atomic E-state index is 3.80. The smallest absolute Gasteiger partial charge is 0.0576 e. The van der Waals surface area contributed by atoms with Crippen molar-refractivity contribution in [2.24, 2.45) is 5.10 Å². The van der Waals surface area contributed by atoms with Gasteiger partial charge in [0.05, 0.1) is 6.21 Å². The van der Waals surface area contributed by atoms with Gasteiger partial charge >= 0.3 is 0 Å². The standard InChI is InChI=1S/C3H5IN2/c1-3-2-5-6-4-3/h2,6H,1H3. The van der Waals surface area contributed by atoms with Gasteiger partial charge in [0.2, 0.25) is 0 Å². The zero-order valence-corrected chi connectivity index (χ0v) is 5.56. The Bertz CT molecular complexity index is 103. The first kappa shape index (κ1) is 4.23. The topological polar surface area (TPSA) is 24.4 Å². The van der Waals surface area contributed by atoms with Crippen LogP contribution in [-0.4, -0.2) is 9.72 Å². The van der Waals surface area contributed by atoms with E-state index < -0.39 is 0 Å². The van der Waals surface area contributed by atoms with Crippen LogP contribution in [0.4, 0.5) is 0 Å². The summed E-state index contributed by atoms with van der Waals surface area (Å²) in [4.78, 5) is 0. The van der Waals surface area contributed by atoms with Crippen LogP contribution in [0.25, 0.3) is 0 Å². The molecule has 0 unspecified atom stereocenters. The van der Waals surface area contributed by atoms with Gasteiger partial charge in [-0.15, -0.1) is 0 Å². The third-order valence-corrected chi connectivity index (χ3v) is 2.13. The minimum atomic E-state index is 0.124. The number of halogens is 1. The minimum absolute atomic E-state index is 0.124. The molecule has 0 spiro atoms. The van der Waals surface area contributed by atoms with E-state index in [0.29, 0.717) is 0 Å². The number of hydrogen-bond donors (Lipinski definition) is 1. The second-order valence-electron chi connectivity index (χ2n) is 1.02. The van der Waals surface area contributed by atoms with Crippen LogP contribution in [0.3, 0.4) is 0 Å². The van der Waals surface area contributed by atoms with Crippen LogP contribution >= 0.6 is 21.0 Å². The van der Waals surface area contributed by atoms with E-state index in [1.54, 1.807) is 0 Å². The molecular weight excluding hydrogens is 191 g/mol. The largest absolute Gasteiger partial charge is 0.255 e. The molecule has 0 saturated heterocycles. The van der Waals surface area contributed by atoms with Gasteiger partial charge in [0, 0.05) is 24.5 Å². The van der Waals surface area contributed by atoms with Crippen molar-refractivity contribution in [2.75, 3.05) is 0 Å². The summed E-state index contributed by atoms with van der Waals surface area (Å²) in [5.41, 5.74) is 0. The predicted molar refractivity (Wildman–Crippen MR) is 36.3 cm³/mol. The van der Waals surface area contributed by atoms with Gasteiger partial charge in [-0.1, -0.05) is 0 Å². The van der Waals surface area contributed by atoms with E-state index in [1.807, 2.05) is 6.21 Å². The first-order valence-corrected chi connectivity index (χ1v) is 3.81. The maximum atomic E-state index is 3.80. The third-order valence-electron chi connectivity index (χ3n) is 0.483. The Morgan fingerprint density at radius 2 is 2.83 bits per heavy atom. The predicted octanol–water partition coefficient (Wildman–Crippen LogP) is 0.653. The molecule has 0 fully saturated rings. The highest BCUT2D eigenvalue weighted by molar-refractivity contribution is 14.2. The number of nitrogens with one attached hydrogen (secondary N) is 1. The fourth-order valence-corrected chi connectivity index (χ4v) is 1.17. The van der Waals surface area contributed by atoms with Gasteiger partial charge in [0.1, 0.15) is 0 Å². The van der Waals surface area contributed by atoms with Crippen molar-refractivity contribution < 1.29 is 0 Å². The van der Waals surface area contributed by atoms with E-state index in [2.05, 4.69) is 15.7 Å². The van der Waals surface area contributed by atoms with Crippen LogP contribution in [0.2, 0.25) is 0 Å². The number of rotatable bonds is 0. The zero-order chi connectivity index (χ0) is 4.41. The molecule has 0 aliphatic carbocycles. The Morgan fingerprint density at radius 1 is 2.00 bits per heavy atom. The van der Waals surface area contributed by atoms with Crippen LogP contribution in [0.15, 0.2) is 5.10 Å². The molecule has 0 bridgehead atoms. The van der Waals surface area contributed by atoms with Crippen molar-refractivity contribution in [3.63, 3.8) is 0 Å². The molecule has 0 aromatic heterocycles. The van der Waals surface area contributed by atoms with Crippen LogP contribution in [0.1, 0.15) is 6.92 Å². The molecule has 2 nitrogen and oxygen atoms in total. The van der Waals surface area contributed by atoms with E-state index in [0.717, 1.165) is 0 Å². The van der Waals surface area contributed by atoms with Crippen LogP contribution < -0.4 is 3.64 Å². The fourth-order valence-electron chi connectivity index (χ4n) is 0.229. The summed E-state index contributed by atoms with van der Waals surface area (Å²) in [6.45, 7) is 2.09. The lowest BCUT2D eigenvalue weighted by atomic mass is 10.6. The van der Waals surface area contributed by atoms with Gasteiger partial charge < -0.3 is 0 Å². The molecule has 1 rings (SSSR count). The first-order chi connectivity index (χ1) is 2.89. The molecule has 1 aliphatic heterocycles. The summed E-state index contributed by atoms with van der Waals surface area (Å²) in [5.74, 6) is 0. The van der Waals surface area contributed by atoms with Crippen molar-refractivity contribution in [2.45, 2.75) is 6.92 Å². The second-order valence-corrected chi connectivity index (χ2v) is 3.75. The van der Waals surface area contributed by atoms with Gasteiger partial charge in [-0.2, -0.15) is 5.10 Å². The Morgan fingerprint density at radius 3 is 3.00 bits per heavy atom. The lowest BCUT2D eigenvalue weighted by molar-refractivity contribution is 1.19. The summed E-state index contributed by atoms with van der Waals surface area (Å²) in [7, 11) is 0. The van der Waals surface area contributed by atoms with E-state index in [1.165, 1.54) is 3.51 Å². The number of hydrogen-bond acceptors (Lipinski definition) is 2. The lowest BCUT2D eigenvalue weighted by Gasteiger charge is -1.70. The molecule has 0 radical (unpaired) electrons. The summed E-state index contributed by atoms with van der Waals surface area (Å²) in [6.07, 6.45) is 1.88. The maximum Gasteiger partial charge on any atom is 0.0576 e. The highest BCUT2D eigenvalue weighted by Gasteiger charge is 1.85. The molecule has 0 saturated carbocycles. The highest BCUT2D eigenvalue weighted by atomic mass is 127. The normalized spacial score (nSPS) is 18.5. The molecule has 0 atom stereocenters. The van der Waals surface area contributed by atoms with Gasteiger partial charge in [-0.25, -0.2) is 0 Å². The Labute approximate surface area is 46.7 Å². The van der Waals surface area contributed by atoms with Crippen molar-refractivity contribution in [3.05, 3.63) is 0 Å². The van der Waals surface area contributed by atoms with E-state index in [9.17, 15) is 0 Å². The van der Waals surface area contributed by atoms with Crippen molar-refractivity contribution in [1.29, 1.82) is 0 Å². The molecular formula is C3H5IN2. The molecule has 1 heterocycles. The van der Waals surface area contributed by atoms with Gasteiger partial charge in [-0.3, -0.25) is 3.64 Å². The van der Waals surface area contributed by atoms with Crippen LogP contribution in [0.5, 0.6) is 0 Å². The summed E-state index contributed by atoms with van der Waals surface area (Å²) >= 11 is 0.124. The molecule has 1 N–H and O–H groups in total. The average molecular weight is 196 g/mol. The quantitative estimate of drug-likeness (QED) is 0.446. The van der Waals surface area contributed by atoms with E-state index >= 15 is 0 Å². The third kappa shape index (κ3) is 0.767. The number of hydrazone groups is 1. The highest BCUT2D eigenvalue weighted by Crippen LogP contribution is 1.96. The van der Waals surface area contributed by atoms with Gasteiger partial charge in [-0.05, 0) is 6.92 Å². The van der Waals surface area contributed by atoms with Crippen molar-refractivity contribution >= 4 is 30.7 Å². The zero-order valence-electron chi connectivity index (χ0n) is 3.40. The summed E-state index contributed by atoms with van der Waals surface area (Å²) in [5, 5.41) is 3.80. The van der Waals surface area contributed by atoms with E-state index in [-0.39, 0.29) is 21.0 Å². The van der Waals surface area contributed by atoms with Crippen molar-refractivity contribution in [3.8, 4) is 0 Å². The first-order valence-electron chi connectivity index (χ1n) is 1.65. The van der Waals surface area contributed by atoms with Gasteiger partial charge in [0.15, 0.2) is 0 Å². The molecule has 6 heavy (non-hydrogen) atoms. The second kappa shape index (κ2) is 1.68. The Balaban J connectivity index is 2.68. The number of nitrogens with zero attached hydrogens (tertiary/aromatic N) is 1. The summed E-state index contributed by atoms with van der Waals surface area (Å²) in [6, 6.07) is 0. The minimum Gasteiger partial charge on any atom is -0.255 e. The summed E-state index contributed by atoms with van der Waals surface area (Å²) < 4.78 is 4.33. The molecule has 0 amide bonds. The molecule has 1 aliphatic rings. The average Bonchev–Trinajstić information content (AvgIpc) is 1.86. The molecule has 0 aromatic rings. The van der Waals surface area contributed by atoms with Crippen LogP contribution in [0, 0.1) is 0 Å². The SMILES string of the molecule is CC1=INN=C1. The lowest BCUT2D eigenvalue weighted by Crippen LogP contribution is -1.79. The van der Waals surface area contributed by atoms with Crippen molar-refractivity contribution in [1.82, 2.24) is 3.64 Å². The van der Waals surface area contributed by atoms with E-state index in [4.69, 9.17) is 0 Å². The monoisotopic (exact) mass is 196 g/mol. The molecule has 0 aromatic carbocycles. The van der Waals surface area contributed by atoms with Gasteiger partial charge in [0.25, 0.3) is 0 Å². The van der Waals surface area contributed by atoms with Crippen LogP contribution in [-0.2, 0) is 0 Å². The molecule has 3 heteroatoms. The molecule has 34 valence electrons. The Hall–Kier alpha value is 0.0700.